The van der Waals surface area contributed by atoms with E-state index >= 15 is 0 Å². The number of aromatic amines is 1. The standard InChI is InChI=1S/C23H20N6O2/c1-14-15(4-3-5-19(14)23(30)31)12-29-13-18(9-27-29)21-10-25-22-20(21)6-16(7-24-22)17-8-26-28(2)11-17/h3-11,13H,12H2,1-2H3,(H,24,25)(H,30,31). The molecule has 0 saturated heterocycles. The molecule has 31 heavy (non-hydrogen) atoms. The van der Waals surface area contributed by atoms with E-state index in [1.54, 1.807) is 16.8 Å². The fourth-order valence-electron chi connectivity index (χ4n) is 3.82. The molecule has 1 aromatic carbocycles. The minimum absolute atomic E-state index is 0.315. The molecule has 0 saturated carbocycles. The first-order chi connectivity index (χ1) is 15.0. The highest BCUT2D eigenvalue weighted by Crippen LogP contribution is 2.30. The van der Waals surface area contributed by atoms with Crippen LogP contribution in [0.3, 0.4) is 0 Å². The maximum absolute atomic E-state index is 11.4. The first kappa shape index (κ1) is 18.8. The molecule has 0 fully saturated rings. The first-order valence-electron chi connectivity index (χ1n) is 9.80. The van der Waals surface area contributed by atoms with Crippen molar-refractivity contribution in [3.8, 4) is 22.3 Å². The van der Waals surface area contributed by atoms with Crippen molar-refractivity contribution in [2.45, 2.75) is 13.5 Å². The van der Waals surface area contributed by atoms with Crippen LogP contribution in [0.15, 0.2) is 61.4 Å². The van der Waals surface area contributed by atoms with Crippen LogP contribution in [0, 0.1) is 6.92 Å². The molecule has 0 aliphatic rings. The average Bonchev–Trinajstić information content (AvgIpc) is 3.48. The number of nitrogens with one attached hydrogen (secondary N) is 1. The van der Waals surface area contributed by atoms with Gasteiger partial charge in [-0.1, -0.05) is 12.1 Å². The fraction of sp³-hybridized carbons (Fsp3) is 0.130. The minimum atomic E-state index is -0.920. The Morgan fingerprint density at radius 3 is 2.71 bits per heavy atom. The summed E-state index contributed by atoms with van der Waals surface area (Å²) in [5.74, 6) is -0.920. The third-order valence-corrected chi connectivity index (χ3v) is 5.52. The summed E-state index contributed by atoms with van der Waals surface area (Å²) in [5, 5.41) is 19.1. The van der Waals surface area contributed by atoms with E-state index in [-0.39, 0.29) is 0 Å². The molecule has 8 heteroatoms. The van der Waals surface area contributed by atoms with Gasteiger partial charge in [0.15, 0.2) is 0 Å². The number of H-pyrrole nitrogens is 1. The Morgan fingerprint density at radius 2 is 1.94 bits per heavy atom. The van der Waals surface area contributed by atoms with Crippen molar-refractivity contribution < 1.29 is 9.90 Å². The highest BCUT2D eigenvalue weighted by atomic mass is 16.4. The van der Waals surface area contributed by atoms with Crippen molar-refractivity contribution >= 4 is 17.0 Å². The van der Waals surface area contributed by atoms with Gasteiger partial charge in [0.2, 0.25) is 0 Å². The molecule has 0 aliphatic carbocycles. The number of rotatable bonds is 5. The van der Waals surface area contributed by atoms with E-state index in [1.807, 2.05) is 61.9 Å². The Bertz CT molecular complexity index is 1430. The van der Waals surface area contributed by atoms with Crippen LogP contribution < -0.4 is 0 Å². The molecule has 0 amide bonds. The molecule has 154 valence electrons. The summed E-state index contributed by atoms with van der Waals surface area (Å²) in [6.07, 6.45) is 11.3. The summed E-state index contributed by atoms with van der Waals surface area (Å²) in [6, 6.07) is 7.41. The van der Waals surface area contributed by atoms with Gasteiger partial charge in [-0.05, 0) is 30.2 Å². The lowest BCUT2D eigenvalue weighted by molar-refractivity contribution is 0.0696. The lowest BCUT2D eigenvalue weighted by Gasteiger charge is -2.08. The van der Waals surface area contributed by atoms with Crippen molar-refractivity contribution in [2.75, 3.05) is 0 Å². The number of fused-ring (bicyclic) bond motifs is 1. The molecule has 0 radical (unpaired) electrons. The summed E-state index contributed by atoms with van der Waals surface area (Å²) in [5.41, 5.74) is 6.77. The van der Waals surface area contributed by atoms with Gasteiger partial charge in [0.1, 0.15) is 5.65 Å². The lowest BCUT2D eigenvalue weighted by Crippen LogP contribution is -2.06. The number of carbonyl (C=O) groups is 1. The summed E-state index contributed by atoms with van der Waals surface area (Å²) in [4.78, 5) is 19.2. The summed E-state index contributed by atoms with van der Waals surface area (Å²) in [6.45, 7) is 2.32. The average molecular weight is 412 g/mol. The number of hydrogen-bond acceptors (Lipinski definition) is 4. The monoisotopic (exact) mass is 412 g/mol. The maximum Gasteiger partial charge on any atom is 0.335 e. The molecule has 2 N–H and O–H groups in total. The molecule has 0 spiro atoms. The summed E-state index contributed by atoms with van der Waals surface area (Å²) < 4.78 is 3.59. The smallest absolute Gasteiger partial charge is 0.335 e. The Kier molecular flexibility index (Phi) is 4.39. The van der Waals surface area contributed by atoms with Crippen LogP contribution in [0.4, 0.5) is 0 Å². The van der Waals surface area contributed by atoms with Gasteiger partial charge in [-0.25, -0.2) is 9.78 Å². The molecule has 0 bridgehead atoms. The molecule has 0 unspecified atom stereocenters. The molecule has 4 aromatic heterocycles. The van der Waals surface area contributed by atoms with Crippen molar-refractivity contribution in [1.29, 1.82) is 0 Å². The fourth-order valence-corrected chi connectivity index (χ4v) is 3.82. The van der Waals surface area contributed by atoms with Gasteiger partial charge in [-0.2, -0.15) is 10.2 Å². The third-order valence-electron chi connectivity index (χ3n) is 5.52. The predicted octanol–water partition coefficient (Wildman–Crippen LogP) is 3.88. The molecule has 5 aromatic rings. The van der Waals surface area contributed by atoms with E-state index in [4.69, 9.17) is 0 Å². The number of aryl methyl sites for hydroxylation is 1. The lowest BCUT2D eigenvalue weighted by atomic mass is 10.0. The van der Waals surface area contributed by atoms with Crippen LogP contribution >= 0.6 is 0 Å². The van der Waals surface area contributed by atoms with Gasteiger partial charge >= 0.3 is 5.97 Å². The molecule has 4 heterocycles. The van der Waals surface area contributed by atoms with E-state index in [0.29, 0.717) is 12.1 Å². The molecule has 8 nitrogen and oxygen atoms in total. The van der Waals surface area contributed by atoms with Crippen LogP contribution in [-0.2, 0) is 13.6 Å². The number of nitrogens with zero attached hydrogens (tertiary/aromatic N) is 5. The second-order valence-electron chi connectivity index (χ2n) is 7.55. The number of benzene rings is 1. The Hall–Kier alpha value is -4.20. The summed E-state index contributed by atoms with van der Waals surface area (Å²) in [7, 11) is 1.89. The van der Waals surface area contributed by atoms with E-state index in [9.17, 15) is 9.90 Å². The SMILES string of the molecule is Cc1c(Cn2cc(-c3c[nH]c4ncc(-c5cnn(C)c5)cc34)cn2)cccc1C(=O)O. The zero-order chi connectivity index (χ0) is 21.5. The number of carboxylic acid groups (broad SMARTS) is 1. The molecular weight excluding hydrogens is 392 g/mol. The number of carboxylic acids is 1. The van der Waals surface area contributed by atoms with E-state index < -0.39 is 5.97 Å². The Balaban J connectivity index is 1.49. The zero-order valence-electron chi connectivity index (χ0n) is 17.1. The van der Waals surface area contributed by atoms with Gasteiger partial charge in [-0.15, -0.1) is 0 Å². The van der Waals surface area contributed by atoms with Crippen molar-refractivity contribution in [3.05, 3.63) is 78.1 Å². The normalized spacial score (nSPS) is 11.3. The molecule has 0 aliphatic heterocycles. The number of aromatic nitrogens is 6. The third kappa shape index (κ3) is 3.38. The second-order valence-corrected chi connectivity index (χ2v) is 7.55. The van der Waals surface area contributed by atoms with Gasteiger partial charge < -0.3 is 10.1 Å². The van der Waals surface area contributed by atoms with Crippen LogP contribution in [0.2, 0.25) is 0 Å². The Morgan fingerprint density at radius 1 is 1.10 bits per heavy atom. The topological polar surface area (TPSA) is 102 Å². The maximum atomic E-state index is 11.4. The van der Waals surface area contributed by atoms with Gasteiger partial charge in [-0.3, -0.25) is 9.36 Å². The van der Waals surface area contributed by atoms with Gasteiger partial charge in [0, 0.05) is 59.5 Å². The highest BCUT2D eigenvalue weighted by molar-refractivity contribution is 5.95. The van der Waals surface area contributed by atoms with E-state index in [0.717, 1.165) is 44.4 Å². The highest BCUT2D eigenvalue weighted by Gasteiger charge is 2.13. The van der Waals surface area contributed by atoms with E-state index in [1.165, 1.54) is 0 Å². The second kappa shape index (κ2) is 7.24. The van der Waals surface area contributed by atoms with Crippen LogP contribution in [0.25, 0.3) is 33.3 Å². The van der Waals surface area contributed by atoms with Gasteiger partial charge in [0.25, 0.3) is 0 Å². The van der Waals surface area contributed by atoms with Crippen LogP contribution in [0.5, 0.6) is 0 Å². The first-order valence-corrected chi connectivity index (χ1v) is 9.80. The largest absolute Gasteiger partial charge is 0.478 e. The van der Waals surface area contributed by atoms with Crippen molar-refractivity contribution in [3.63, 3.8) is 0 Å². The van der Waals surface area contributed by atoms with Crippen LogP contribution in [-0.4, -0.2) is 40.6 Å². The number of hydrogen-bond donors (Lipinski definition) is 2. The van der Waals surface area contributed by atoms with Crippen LogP contribution in [0.1, 0.15) is 21.5 Å². The molecule has 0 atom stereocenters. The molecular formula is C23H20N6O2. The van der Waals surface area contributed by atoms with Crippen molar-refractivity contribution in [2.24, 2.45) is 7.05 Å². The van der Waals surface area contributed by atoms with Crippen molar-refractivity contribution in [1.82, 2.24) is 29.5 Å². The zero-order valence-corrected chi connectivity index (χ0v) is 17.1. The van der Waals surface area contributed by atoms with E-state index in [2.05, 4.69) is 26.2 Å². The minimum Gasteiger partial charge on any atom is -0.478 e. The Labute approximate surface area is 177 Å². The number of aromatic carboxylic acids is 1. The number of pyridine rings is 1. The quantitative estimate of drug-likeness (QED) is 0.456. The van der Waals surface area contributed by atoms with Gasteiger partial charge in [0.05, 0.1) is 24.5 Å². The molecule has 5 rings (SSSR count). The summed E-state index contributed by atoms with van der Waals surface area (Å²) >= 11 is 0. The predicted molar refractivity (Wildman–Crippen MR) is 117 cm³/mol.